The number of thioether (sulfide) groups is 1. The van der Waals surface area contributed by atoms with Gasteiger partial charge >= 0.3 is 6.18 Å². The summed E-state index contributed by atoms with van der Waals surface area (Å²) in [5.74, 6) is 4.21. The predicted octanol–water partition coefficient (Wildman–Crippen LogP) is 13.7. The third-order valence-electron chi connectivity index (χ3n) is 21.1. The van der Waals surface area contributed by atoms with E-state index in [9.17, 15) is 22.8 Å². The minimum Gasteiger partial charge on any atom is -0.447 e. The van der Waals surface area contributed by atoms with Crippen LogP contribution in [0.3, 0.4) is 0 Å². The van der Waals surface area contributed by atoms with Gasteiger partial charge in [-0.15, -0.1) is 0 Å². The molecule has 96 heavy (non-hydrogen) atoms. The van der Waals surface area contributed by atoms with Crippen LogP contribution in [0.25, 0.3) is 0 Å². The Morgan fingerprint density at radius 1 is 0.635 bits per heavy atom. The Kier molecular flexibility index (Phi) is 37.1. The van der Waals surface area contributed by atoms with E-state index in [-0.39, 0.29) is 36.0 Å². The Morgan fingerprint density at radius 3 is 1.57 bits per heavy atom. The van der Waals surface area contributed by atoms with Crippen LogP contribution in [0.2, 0.25) is 0 Å². The number of carbonyl (C=O) groups is 2. The minimum atomic E-state index is -4.19. The van der Waals surface area contributed by atoms with E-state index < -0.39 is 12.7 Å². The molecule has 6 aliphatic rings. The molecule has 3 unspecified atom stereocenters. The van der Waals surface area contributed by atoms with Crippen LogP contribution < -0.4 is 0 Å². The second-order valence-electron chi connectivity index (χ2n) is 28.8. The lowest BCUT2D eigenvalue weighted by Crippen LogP contribution is -2.54. The van der Waals surface area contributed by atoms with E-state index in [1.54, 1.807) is 13.8 Å². The van der Waals surface area contributed by atoms with Crippen LogP contribution in [0.4, 0.5) is 13.2 Å². The second-order valence-corrected chi connectivity index (χ2v) is 30.1. The van der Waals surface area contributed by atoms with E-state index in [0.29, 0.717) is 35.8 Å². The number of ether oxygens (including phenoxy) is 1. The molecule has 6 fully saturated rings. The molecule has 2 amide bonds. The number of amides is 2. The first-order valence-electron chi connectivity index (χ1n) is 36.5. The van der Waals surface area contributed by atoms with E-state index in [1.807, 2.05) is 30.3 Å². The van der Waals surface area contributed by atoms with Crippen LogP contribution in [0.15, 0.2) is 96.1 Å². The number of likely N-dealkylation sites (tertiary alicyclic amines) is 6. The minimum absolute atomic E-state index is 0.00183. The number of aromatic nitrogens is 3. The summed E-state index contributed by atoms with van der Waals surface area (Å²) in [6.07, 6.45) is 18.2. The highest BCUT2D eigenvalue weighted by molar-refractivity contribution is 7.99. The highest BCUT2D eigenvalue weighted by Crippen LogP contribution is 2.34. The topological polar surface area (TPSA) is 116 Å². The molecule has 0 N–H and O–H groups in total. The van der Waals surface area contributed by atoms with Gasteiger partial charge in [-0.1, -0.05) is 67.6 Å². The molecule has 3 atom stereocenters. The number of piperidine rings is 6. The van der Waals surface area contributed by atoms with E-state index in [4.69, 9.17) is 9.15 Å². The van der Waals surface area contributed by atoms with Crippen molar-refractivity contribution >= 4 is 23.6 Å². The summed E-state index contributed by atoms with van der Waals surface area (Å²) < 4.78 is 51.3. The zero-order valence-corrected chi connectivity index (χ0v) is 62.9. The van der Waals surface area contributed by atoms with E-state index in [0.717, 1.165) is 95.6 Å². The fraction of sp³-hybridized carbons (Fsp3) is 0.737. The van der Waals surface area contributed by atoms with Crippen LogP contribution in [0.5, 0.6) is 0 Å². The number of hydrogen-bond acceptors (Lipinski definition) is 14. The molecular weight excluding hydrogens is 1230 g/mol. The van der Waals surface area contributed by atoms with Crippen molar-refractivity contribution in [2.75, 3.05) is 140 Å². The Bertz CT molecular complexity index is 2620. The molecule has 20 heteroatoms. The number of hydrogen-bond donors (Lipinski definition) is 0. The number of benzene rings is 2. The molecule has 2 aromatic heterocycles. The molecule has 0 radical (unpaired) electrons. The van der Waals surface area contributed by atoms with Gasteiger partial charge in [0.1, 0.15) is 5.76 Å². The molecule has 8 heterocycles. The quantitative estimate of drug-likeness (QED) is 0.0886. The van der Waals surface area contributed by atoms with Crippen molar-refractivity contribution < 1.29 is 31.9 Å². The molecule has 2 aromatic carbocycles. The Morgan fingerprint density at radius 2 is 1.12 bits per heavy atom. The number of oxazole rings is 1. The van der Waals surface area contributed by atoms with Crippen LogP contribution in [-0.4, -0.2) is 246 Å². The van der Waals surface area contributed by atoms with Gasteiger partial charge < -0.3 is 48.4 Å². The van der Waals surface area contributed by atoms with Gasteiger partial charge in [0.2, 0.25) is 11.8 Å². The van der Waals surface area contributed by atoms with Gasteiger partial charge in [0, 0.05) is 81.0 Å². The summed E-state index contributed by atoms with van der Waals surface area (Å²) in [6, 6.07) is 24.2. The number of halogens is 3. The number of carbonyl (C=O) groups excluding carboxylic acids is 2. The van der Waals surface area contributed by atoms with Crippen LogP contribution in [0, 0.1) is 17.8 Å². The van der Waals surface area contributed by atoms with Crippen molar-refractivity contribution in [3.63, 3.8) is 0 Å². The van der Waals surface area contributed by atoms with Crippen molar-refractivity contribution in [2.45, 2.75) is 205 Å². The molecule has 10 rings (SSSR count). The normalized spacial score (nSPS) is 20.3. The summed E-state index contributed by atoms with van der Waals surface area (Å²) in [7, 11) is 12.9. The van der Waals surface area contributed by atoms with Gasteiger partial charge in [0.15, 0.2) is 6.39 Å². The molecule has 16 nitrogen and oxygen atoms in total. The summed E-state index contributed by atoms with van der Waals surface area (Å²) in [4.78, 5) is 46.6. The van der Waals surface area contributed by atoms with E-state index in [1.165, 1.54) is 125 Å². The Balaban J connectivity index is 0.000000209. The standard InChI is InChI=1S/C14H21NO.2C13H26N2O.C13H19NS.C12H18F3N3O.C11H19N3/c1-12(13-6-4-3-5-7-13)16-14-8-10-15(2)11-9-14;1-6-15(11(2)16)13(3,4)12-7-9-14(5)10-8-12;1-5-13(15(6-2)11(3)16)12-7-9-14(4)10-8-12;1-14-9-7-13(8-10-14)15-11-12-5-3-2-4-6-12;1-17-4-2-10(3-5-17)18(8-12(13,14)15)7-11-6-16-9-19-11;1-10(14-7-3-6-12-14)11-4-8-13(2)9-5-11/h3-7,12,14H,8-11H2,1-2H3;12H,6-10H2,1-5H3;12-13H,5-10H2,1-4H3;2-6,13H,7-11H2,1H3;6,9-10H,2-5,7-8H2,1H3;3,6-7,10-11H,4-5,8-9H2,1-2H3. The van der Waals surface area contributed by atoms with Crippen molar-refractivity contribution in [2.24, 2.45) is 17.8 Å². The monoisotopic (exact) mass is 1360 g/mol. The van der Waals surface area contributed by atoms with Crippen LogP contribution in [-0.2, 0) is 26.6 Å². The maximum absolute atomic E-state index is 12.7. The average Bonchev–Trinajstić information content (AvgIpc) is 0.983. The highest BCUT2D eigenvalue weighted by atomic mass is 32.2. The molecule has 4 aromatic rings. The maximum atomic E-state index is 12.7. The lowest BCUT2D eigenvalue weighted by Gasteiger charge is -2.46. The lowest BCUT2D eigenvalue weighted by atomic mass is 9.79. The molecule has 544 valence electrons. The SMILES string of the molecule is CC(C1CCN(C)CC1)n1cccn1.CC(OC1CCN(C)CC1)c1ccccc1.CCC(C1CCN(C)CC1)N(CC)C(C)=O.CCN(C(C)=O)C(C)(C)C1CCN(C)CC1.CN1CCC(N(Cc2cnco2)CC(F)(F)F)CC1.CN1CCC(SCc2ccccc2)CC1. The molecule has 6 aliphatic heterocycles. The maximum Gasteiger partial charge on any atom is 0.401 e. The molecule has 6 saturated heterocycles. The number of alkyl halides is 3. The van der Waals surface area contributed by atoms with Gasteiger partial charge in [-0.3, -0.25) is 19.2 Å². The van der Waals surface area contributed by atoms with Gasteiger partial charge in [-0.2, -0.15) is 30.0 Å². The Labute approximate surface area is 583 Å². The second kappa shape index (κ2) is 43.3. The first kappa shape index (κ1) is 82.3. The number of nitrogens with zero attached hydrogens (tertiary/aromatic N) is 12. The molecule has 0 saturated carbocycles. The zero-order valence-electron chi connectivity index (χ0n) is 62.1. The summed E-state index contributed by atoms with van der Waals surface area (Å²) >= 11 is 2.13. The predicted molar refractivity (Wildman–Crippen MR) is 390 cm³/mol. The van der Waals surface area contributed by atoms with Crippen LogP contribution in [0.1, 0.15) is 175 Å². The Hall–Kier alpha value is -4.38. The molecule has 0 bridgehead atoms. The molecular formula is C76H129F3N12O4S. The fourth-order valence-corrected chi connectivity index (χ4v) is 15.9. The van der Waals surface area contributed by atoms with Crippen molar-refractivity contribution in [3.8, 4) is 0 Å². The van der Waals surface area contributed by atoms with Crippen molar-refractivity contribution in [3.05, 3.63) is 109 Å². The van der Waals surface area contributed by atoms with Gasteiger partial charge in [-0.05, 0) is 268 Å². The third-order valence-corrected chi connectivity index (χ3v) is 22.6. The van der Waals surface area contributed by atoms with Crippen LogP contribution >= 0.6 is 11.8 Å². The smallest absolute Gasteiger partial charge is 0.401 e. The van der Waals surface area contributed by atoms with Gasteiger partial charge in [-0.25, -0.2) is 4.98 Å². The fourth-order valence-electron chi connectivity index (χ4n) is 14.7. The summed E-state index contributed by atoms with van der Waals surface area (Å²) in [5.41, 5.74) is 2.74. The highest BCUT2D eigenvalue weighted by Gasteiger charge is 2.38. The number of rotatable bonds is 19. The van der Waals surface area contributed by atoms with E-state index >= 15 is 0 Å². The summed E-state index contributed by atoms with van der Waals surface area (Å²) in [6.45, 7) is 33.2. The van der Waals surface area contributed by atoms with Crippen molar-refractivity contribution in [1.29, 1.82) is 0 Å². The lowest BCUT2D eigenvalue weighted by molar-refractivity contribution is -0.154. The zero-order chi connectivity index (χ0) is 70.2. The van der Waals surface area contributed by atoms with Gasteiger partial charge in [0.05, 0.1) is 37.5 Å². The average molecular weight is 1360 g/mol. The van der Waals surface area contributed by atoms with Gasteiger partial charge in [0.25, 0.3) is 0 Å². The van der Waals surface area contributed by atoms with Crippen molar-refractivity contribution in [1.82, 2.24) is 58.9 Å². The molecule has 0 spiro atoms. The first-order valence-corrected chi connectivity index (χ1v) is 37.5. The summed E-state index contributed by atoms with van der Waals surface area (Å²) in [5, 5.41) is 5.19. The van der Waals surface area contributed by atoms with E-state index in [2.05, 4.69) is 205 Å². The third kappa shape index (κ3) is 29.8. The molecule has 0 aliphatic carbocycles. The largest absolute Gasteiger partial charge is 0.447 e. The first-order chi connectivity index (χ1) is 45.8.